The van der Waals surface area contributed by atoms with Gasteiger partial charge >= 0.3 is 5.97 Å². The van der Waals surface area contributed by atoms with E-state index in [1.54, 1.807) is 13.8 Å². The van der Waals surface area contributed by atoms with Gasteiger partial charge in [-0.1, -0.05) is 11.6 Å². The van der Waals surface area contributed by atoms with Gasteiger partial charge in [0.25, 0.3) is 0 Å². The van der Waals surface area contributed by atoms with Crippen LogP contribution in [0.3, 0.4) is 0 Å². The van der Waals surface area contributed by atoms with E-state index in [2.05, 4.69) is 0 Å². The average Bonchev–Trinajstić information content (AvgIpc) is 2.19. The summed E-state index contributed by atoms with van der Waals surface area (Å²) in [7, 11) is -3.32. The highest BCUT2D eigenvalue weighted by atomic mass is 35.5. The van der Waals surface area contributed by atoms with Crippen LogP contribution in [-0.2, 0) is 21.1 Å². The third-order valence-electron chi connectivity index (χ3n) is 2.66. The first kappa shape index (κ1) is 15.0. The summed E-state index contributed by atoms with van der Waals surface area (Å²) >= 11 is 5.97. The molecule has 6 heteroatoms. The van der Waals surface area contributed by atoms with Gasteiger partial charge in [0.1, 0.15) is 0 Å². The first-order valence-electron chi connectivity index (χ1n) is 5.26. The van der Waals surface area contributed by atoms with E-state index in [0.717, 1.165) is 6.26 Å². The Morgan fingerprint density at radius 3 is 2.39 bits per heavy atom. The number of benzene rings is 1. The van der Waals surface area contributed by atoms with Crippen LogP contribution in [0.25, 0.3) is 0 Å². The first-order chi connectivity index (χ1) is 8.04. The van der Waals surface area contributed by atoms with Gasteiger partial charge in [-0.2, -0.15) is 0 Å². The van der Waals surface area contributed by atoms with E-state index >= 15 is 0 Å². The molecule has 1 aromatic rings. The molecule has 0 heterocycles. The molecule has 18 heavy (non-hydrogen) atoms. The van der Waals surface area contributed by atoms with Crippen molar-refractivity contribution in [1.29, 1.82) is 0 Å². The molecule has 1 N–H and O–H groups in total. The zero-order valence-electron chi connectivity index (χ0n) is 10.4. The molecule has 0 unspecified atom stereocenters. The van der Waals surface area contributed by atoms with E-state index in [1.165, 1.54) is 18.2 Å². The van der Waals surface area contributed by atoms with Crippen LogP contribution in [-0.4, -0.2) is 25.7 Å². The molecule has 0 aliphatic rings. The van der Waals surface area contributed by atoms with Gasteiger partial charge in [-0.25, -0.2) is 8.42 Å². The first-order valence-corrected chi connectivity index (χ1v) is 7.53. The van der Waals surface area contributed by atoms with Crippen molar-refractivity contribution in [2.45, 2.75) is 25.2 Å². The molecule has 0 aliphatic heterocycles. The van der Waals surface area contributed by atoms with Gasteiger partial charge in [-0.05, 0) is 44.0 Å². The average molecular weight is 291 g/mol. The molecule has 0 radical (unpaired) electrons. The van der Waals surface area contributed by atoms with Crippen LogP contribution in [0.2, 0.25) is 5.02 Å². The predicted octanol–water partition coefficient (Wildman–Crippen LogP) is 2.40. The third kappa shape index (κ3) is 3.46. The molecular weight excluding hydrogens is 276 g/mol. The van der Waals surface area contributed by atoms with Crippen molar-refractivity contribution in [3.05, 3.63) is 28.8 Å². The van der Waals surface area contributed by atoms with Crippen molar-refractivity contribution < 1.29 is 18.3 Å². The van der Waals surface area contributed by atoms with Crippen molar-refractivity contribution in [3.8, 4) is 0 Å². The number of rotatable bonds is 4. The molecule has 0 amide bonds. The molecule has 0 aliphatic carbocycles. The Bertz CT molecular complexity index is 576. The largest absolute Gasteiger partial charge is 0.481 e. The lowest BCUT2D eigenvalue weighted by Crippen LogP contribution is -2.26. The third-order valence-corrected chi connectivity index (χ3v) is 4.14. The summed E-state index contributed by atoms with van der Waals surface area (Å²) in [4.78, 5) is 11.2. The summed E-state index contributed by atoms with van der Waals surface area (Å²) in [5.74, 6) is -0.955. The number of halogens is 1. The molecule has 0 atom stereocenters. The molecule has 0 bridgehead atoms. The van der Waals surface area contributed by atoms with Crippen molar-refractivity contribution >= 4 is 27.4 Å². The smallest absolute Gasteiger partial charge is 0.309 e. The number of carboxylic acids is 1. The predicted molar refractivity (Wildman–Crippen MR) is 69.7 cm³/mol. The van der Waals surface area contributed by atoms with Crippen molar-refractivity contribution in [3.63, 3.8) is 0 Å². The fraction of sp³-hybridized carbons (Fsp3) is 0.417. The van der Waals surface area contributed by atoms with Crippen LogP contribution < -0.4 is 0 Å². The van der Waals surface area contributed by atoms with Crippen molar-refractivity contribution in [1.82, 2.24) is 0 Å². The quantitative estimate of drug-likeness (QED) is 0.924. The summed E-state index contributed by atoms with van der Waals surface area (Å²) in [5, 5.41) is 9.43. The van der Waals surface area contributed by atoms with Gasteiger partial charge in [-0.15, -0.1) is 0 Å². The molecule has 0 saturated heterocycles. The monoisotopic (exact) mass is 290 g/mol. The maximum atomic E-state index is 11.4. The maximum absolute atomic E-state index is 11.4. The van der Waals surface area contributed by atoms with Crippen molar-refractivity contribution in [2.75, 3.05) is 6.26 Å². The lowest BCUT2D eigenvalue weighted by molar-refractivity contribution is -0.146. The lowest BCUT2D eigenvalue weighted by Gasteiger charge is -2.20. The van der Waals surface area contributed by atoms with Gasteiger partial charge in [0.2, 0.25) is 0 Å². The molecule has 1 aromatic carbocycles. The highest BCUT2D eigenvalue weighted by Crippen LogP contribution is 2.28. The molecule has 0 aromatic heterocycles. The normalized spacial score (nSPS) is 12.4. The molecular formula is C12H15ClO4S. The van der Waals surface area contributed by atoms with E-state index < -0.39 is 21.2 Å². The summed E-state index contributed by atoms with van der Waals surface area (Å²) in [5.41, 5.74) is -0.480. The van der Waals surface area contributed by atoms with E-state index in [0.29, 0.717) is 10.6 Å². The van der Waals surface area contributed by atoms with Gasteiger partial charge in [-0.3, -0.25) is 4.79 Å². The van der Waals surface area contributed by atoms with E-state index in [1.807, 2.05) is 0 Å². The molecule has 0 fully saturated rings. The van der Waals surface area contributed by atoms with Gasteiger partial charge < -0.3 is 5.11 Å². The molecule has 0 spiro atoms. The number of aliphatic carboxylic acids is 1. The standard InChI is InChI=1S/C12H15ClO4S/c1-12(2,11(14)15)7-8-6-9(18(3,16)17)4-5-10(8)13/h4-6H,7H2,1-3H3,(H,14,15). The van der Waals surface area contributed by atoms with Crippen LogP contribution in [0.5, 0.6) is 0 Å². The lowest BCUT2D eigenvalue weighted by atomic mass is 9.86. The number of sulfone groups is 1. The van der Waals surface area contributed by atoms with Gasteiger partial charge in [0.05, 0.1) is 10.3 Å². The molecule has 0 saturated carbocycles. The molecule has 1 rings (SSSR count). The van der Waals surface area contributed by atoms with Gasteiger partial charge in [0, 0.05) is 11.3 Å². The summed E-state index contributed by atoms with van der Waals surface area (Å²) < 4.78 is 22.9. The van der Waals surface area contributed by atoms with Crippen LogP contribution >= 0.6 is 11.6 Å². The zero-order chi connectivity index (χ0) is 14.1. The molecule has 4 nitrogen and oxygen atoms in total. The minimum absolute atomic E-state index is 0.142. The second-order valence-electron chi connectivity index (χ2n) is 4.89. The summed E-state index contributed by atoms with van der Waals surface area (Å²) in [6, 6.07) is 4.32. The summed E-state index contributed by atoms with van der Waals surface area (Å²) in [6.45, 7) is 3.14. The molecule has 100 valence electrons. The number of carbonyl (C=O) groups is 1. The van der Waals surface area contributed by atoms with E-state index in [9.17, 15) is 13.2 Å². The van der Waals surface area contributed by atoms with Crippen LogP contribution in [0.15, 0.2) is 23.1 Å². The Balaban J connectivity index is 3.22. The number of carboxylic acid groups (broad SMARTS) is 1. The van der Waals surface area contributed by atoms with Gasteiger partial charge in [0.15, 0.2) is 9.84 Å². The second kappa shape index (κ2) is 4.90. The Kier molecular flexibility index (Phi) is 4.08. The summed E-state index contributed by atoms with van der Waals surface area (Å²) in [6.07, 6.45) is 1.27. The Morgan fingerprint density at radius 1 is 1.39 bits per heavy atom. The van der Waals surface area contributed by atoms with Crippen LogP contribution in [0, 0.1) is 5.41 Å². The minimum atomic E-state index is -3.32. The fourth-order valence-corrected chi connectivity index (χ4v) is 2.32. The Morgan fingerprint density at radius 2 is 1.94 bits per heavy atom. The second-order valence-corrected chi connectivity index (χ2v) is 7.31. The van der Waals surface area contributed by atoms with E-state index in [4.69, 9.17) is 16.7 Å². The number of hydrogen-bond acceptors (Lipinski definition) is 3. The Hall–Kier alpha value is -1.07. The minimum Gasteiger partial charge on any atom is -0.481 e. The van der Waals surface area contributed by atoms with Crippen LogP contribution in [0.4, 0.5) is 0 Å². The van der Waals surface area contributed by atoms with E-state index in [-0.39, 0.29) is 11.3 Å². The number of hydrogen-bond donors (Lipinski definition) is 1. The highest BCUT2D eigenvalue weighted by molar-refractivity contribution is 7.90. The topological polar surface area (TPSA) is 71.4 Å². The highest BCUT2D eigenvalue weighted by Gasteiger charge is 2.28. The SMILES string of the molecule is CC(C)(Cc1cc(S(C)(=O)=O)ccc1Cl)C(=O)O. The Labute approximate surface area is 112 Å². The maximum Gasteiger partial charge on any atom is 0.309 e. The van der Waals surface area contributed by atoms with Crippen molar-refractivity contribution in [2.24, 2.45) is 5.41 Å². The zero-order valence-corrected chi connectivity index (χ0v) is 12.0. The fourth-order valence-electron chi connectivity index (χ4n) is 1.47. The van der Waals surface area contributed by atoms with Crippen LogP contribution in [0.1, 0.15) is 19.4 Å².